The molecular weight excluding hydrogens is 2000 g/mol. The van der Waals surface area contributed by atoms with Crippen LogP contribution in [0.1, 0.15) is 73.3 Å². The molecule has 9 aliphatic heterocycles. The minimum Gasteiger partial charge on any atom is -0.396 e. The van der Waals surface area contributed by atoms with Gasteiger partial charge in [0.2, 0.25) is 17.8 Å². The summed E-state index contributed by atoms with van der Waals surface area (Å²) < 4.78 is 173. The van der Waals surface area contributed by atoms with E-state index in [2.05, 4.69) is 87.4 Å². The number of nitrogens with zero attached hydrogens (tertiary/aromatic N) is 18. The van der Waals surface area contributed by atoms with Crippen LogP contribution in [0.3, 0.4) is 0 Å². The minimum absolute atomic E-state index is 0.0422. The van der Waals surface area contributed by atoms with Gasteiger partial charge in [-0.3, -0.25) is 61.1 Å². The van der Waals surface area contributed by atoms with Gasteiger partial charge in [-0.15, -0.1) is 0 Å². The van der Waals surface area contributed by atoms with Crippen LogP contribution in [0.4, 0.5) is 48.1 Å². The van der Waals surface area contributed by atoms with Crippen LogP contribution in [0.25, 0.3) is 50.4 Å². The van der Waals surface area contributed by atoms with Crippen molar-refractivity contribution in [1.29, 1.82) is 0 Å². The number of imidazole rings is 6. The van der Waals surface area contributed by atoms with Crippen molar-refractivity contribution in [1.82, 2.24) is 102 Å². The number of fused-ring (bicyclic) bond motifs is 15. The smallest absolute Gasteiger partial charge is 0.386 e. The minimum atomic E-state index is -4.34. The number of rotatable bonds is 6. The largest absolute Gasteiger partial charge is 0.396 e. The third-order valence-corrected chi connectivity index (χ3v) is 31.4. The van der Waals surface area contributed by atoms with Crippen molar-refractivity contribution in [3.8, 4) is 0 Å². The summed E-state index contributed by atoms with van der Waals surface area (Å²) in [4.78, 5) is 136. The van der Waals surface area contributed by atoms with Gasteiger partial charge in [-0.05, 0) is 77.2 Å². The Labute approximate surface area is 764 Å². The lowest BCUT2D eigenvalue weighted by molar-refractivity contribution is -0.0555. The number of hydrogen-bond acceptors (Lipinski definition) is 45. The van der Waals surface area contributed by atoms with Gasteiger partial charge in [0.1, 0.15) is 73.2 Å². The summed E-state index contributed by atoms with van der Waals surface area (Å²) in [6.07, 6.45) is -13.7. The highest BCUT2D eigenvalue weighted by molar-refractivity contribution is 8.44. The Morgan fingerprint density at radius 2 is 0.652 bits per heavy atom. The second-order valence-corrected chi connectivity index (χ2v) is 47.2. The highest BCUT2D eigenvalue weighted by Crippen LogP contribution is 2.61. The number of nitrogens with one attached hydrogen (secondary N) is 3. The molecular formula is C63H72F3N27O27P6S6. The quantitative estimate of drug-likeness (QED) is 0.0834. The molecule has 9 fully saturated rings. The molecule has 9 aliphatic rings. The lowest BCUT2D eigenvalue weighted by Crippen LogP contribution is -2.32. The molecule has 9 saturated heterocycles. The summed E-state index contributed by atoms with van der Waals surface area (Å²) in [5.74, 6) is -0.674. The molecule has 54 nitrogen and oxygen atoms in total. The molecule has 708 valence electrons. The summed E-state index contributed by atoms with van der Waals surface area (Å²) in [6, 6.07) is 4.80. The molecule has 69 heteroatoms. The number of aromatic amines is 3. The summed E-state index contributed by atoms with van der Waals surface area (Å²) in [5, 5.41) is 12.8. The summed E-state index contributed by atoms with van der Waals surface area (Å²) in [5.41, 5.74) is 36.8. The van der Waals surface area contributed by atoms with Crippen LogP contribution in [0.2, 0.25) is 0 Å². The van der Waals surface area contributed by atoms with E-state index in [4.69, 9.17) is 176 Å². The number of halogens is 3. The number of hydrogen-bond donors (Lipinski definition) is 15. The van der Waals surface area contributed by atoms with Crippen LogP contribution >= 0.6 is 52.6 Å². The molecule has 0 amide bonds. The summed E-state index contributed by atoms with van der Waals surface area (Å²) >= 11 is 30.3. The van der Waals surface area contributed by atoms with Crippen molar-refractivity contribution in [3.05, 3.63) is 123 Å². The fourth-order valence-electron chi connectivity index (χ4n) is 16.0. The maximum absolute atomic E-state index is 15.8. The van der Waals surface area contributed by atoms with Crippen LogP contribution in [-0.2, 0) is 146 Å². The highest BCUT2D eigenvalue weighted by Gasteiger charge is 2.57. The predicted molar refractivity (Wildman–Crippen MR) is 467 cm³/mol. The van der Waals surface area contributed by atoms with E-state index < -0.39 is 225 Å². The van der Waals surface area contributed by atoms with Gasteiger partial charge in [-0.25, -0.2) is 61.2 Å². The van der Waals surface area contributed by atoms with Crippen molar-refractivity contribution in [2.45, 2.75) is 148 Å². The van der Waals surface area contributed by atoms with Crippen LogP contribution < -0.4 is 51.1 Å². The second-order valence-electron chi connectivity index (χ2n) is 30.4. The van der Waals surface area contributed by atoms with Crippen LogP contribution in [0.15, 0.2) is 88.7 Å². The van der Waals surface area contributed by atoms with E-state index in [9.17, 15) is 43.4 Å². The molecule has 0 saturated carbocycles. The van der Waals surface area contributed by atoms with Gasteiger partial charge < -0.3 is 123 Å². The Hall–Kier alpha value is -7.59. The molecule has 0 spiro atoms. The lowest BCUT2D eigenvalue weighted by Gasteiger charge is -2.27. The van der Waals surface area contributed by atoms with Crippen molar-refractivity contribution in [2.75, 3.05) is 74.0 Å². The van der Waals surface area contributed by atoms with E-state index in [-0.39, 0.29) is 70.6 Å². The topological polar surface area (TPSA) is 722 Å². The number of anilines is 6. The third-order valence-electron chi connectivity index (χ3n) is 21.9. The maximum Gasteiger partial charge on any atom is 0.386 e. The zero-order chi connectivity index (χ0) is 92.9. The van der Waals surface area contributed by atoms with Gasteiger partial charge in [-0.2, -0.15) is 30.2 Å². The number of alkyl halides is 3. The fourth-order valence-corrected chi connectivity index (χ4v) is 24.7. The van der Waals surface area contributed by atoms with E-state index in [1.807, 2.05) is 0 Å². The van der Waals surface area contributed by atoms with Crippen molar-refractivity contribution in [3.63, 3.8) is 0 Å². The van der Waals surface area contributed by atoms with E-state index in [0.29, 0.717) is 51.1 Å². The summed E-state index contributed by atoms with van der Waals surface area (Å²) in [6.45, 7) is -27.7. The molecule has 0 aromatic carbocycles. The third kappa shape index (κ3) is 18.7. The predicted octanol–water partition coefficient (Wildman–Crippen LogP) is 1.85. The average molecular weight is 2070 g/mol. The Kier molecular flexibility index (Phi) is 25.5. The first-order valence-electron chi connectivity index (χ1n) is 38.9. The standard InChI is InChI=1S/3C21H24FN9O9P2S2/c3*22-14-13-6-36-41(33,43)39-11-3-10(9-4-25-17-8(23)1-2-27-31(9)17)37-12(11)5-35-42(34,44)40-16(14)20(38-13)30-7-26-15-18(30)28-21(24)29-19(15)32/h3*1-2,4,7,10-14,16,20H,3,5-6,23H2,(H,33,43)(H,34,44)(H3,24,28,29,32)/t3*10-,11+,12-,13-,14-,16-,20-,41?,42?/m111/s1. The monoisotopic (exact) mass is 2070 g/mol. The van der Waals surface area contributed by atoms with Crippen molar-refractivity contribution >= 4 is 197 Å². The van der Waals surface area contributed by atoms with E-state index in [1.54, 1.807) is 30.6 Å². The molecule has 0 aliphatic carbocycles. The molecule has 20 N–H and O–H groups in total. The molecule has 6 unspecified atom stereocenters. The first-order valence-corrected chi connectivity index (χ1v) is 54.5. The number of ether oxygens (including phenoxy) is 6. The first-order chi connectivity index (χ1) is 62.7. The van der Waals surface area contributed by atoms with Gasteiger partial charge in [0, 0.05) is 19.3 Å². The van der Waals surface area contributed by atoms with Gasteiger partial charge in [0.05, 0.1) is 148 Å². The molecule has 0 radical (unpaired) electrons. The number of nitrogen functional groups attached to an aromatic ring is 6. The van der Waals surface area contributed by atoms with Crippen LogP contribution in [0, 0.1) is 0 Å². The number of aromatic nitrogens is 21. The Bertz CT molecular complexity index is 6380. The molecule has 132 heavy (non-hydrogen) atoms. The van der Waals surface area contributed by atoms with E-state index in [0.717, 1.165) is 6.33 Å². The average Bonchev–Trinajstić information content (AvgIpc) is 1.61. The Morgan fingerprint density at radius 1 is 0.379 bits per heavy atom. The number of H-pyrrole nitrogens is 3. The lowest BCUT2D eigenvalue weighted by atomic mass is 10.1. The summed E-state index contributed by atoms with van der Waals surface area (Å²) in [7, 11) is 0. The van der Waals surface area contributed by atoms with Crippen molar-refractivity contribution in [2.24, 2.45) is 0 Å². The highest BCUT2D eigenvalue weighted by atomic mass is 32.7. The van der Waals surface area contributed by atoms with Gasteiger partial charge >= 0.3 is 40.4 Å². The van der Waals surface area contributed by atoms with E-state index >= 15 is 13.2 Å². The molecule has 21 heterocycles. The van der Waals surface area contributed by atoms with Gasteiger partial charge in [-0.1, -0.05) is 12.2 Å². The Morgan fingerprint density at radius 3 is 0.955 bits per heavy atom. The molecule has 12 aromatic rings. The first kappa shape index (κ1) is 93.4. The molecule has 12 aromatic heterocycles. The maximum atomic E-state index is 15.8. The zero-order valence-electron chi connectivity index (χ0n) is 66.5. The van der Waals surface area contributed by atoms with Gasteiger partial charge in [0.15, 0.2) is 87.6 Å². The molecule has 6 bridgehead atoms. The van der Waals surface area contributed by atoms with Gasteiger partial charge in [0.25, 0.3) is 16.7 Å². The van der Waals surface area contributed by atoms with Crippen LogP contribution in [0.5, 0.6) is 0 Å². The molecule has 21 rings (SSSR count). The normalized spacial score (nSPS) is 36.6. The van der Waals surface area contributed by atoms with E-state index in [1.165, 1.54) is 64.7 Å². The van der Waals surface area contributed by atoms with Crippen molar-refractivity contribution < 1.29 is 125 Å². The zero-order valence-corrected chi connectivity index (χ0v) is 76.8. The SMILES string of the molecule is Nc1nc2c(ncn2[C@@H]2O[C@@H]3COP(O)(=S)O[C@H]4C[C@H](c5cnc6c(N)ccnn56)O[C@@H]4COP(=O)(S)O[C@@H]2[C@@H]3F)c(=O)[nH]1.Nc1nc2c(ncn2[C@@H]2O[C@@H]3COP(O)(=S)O[C@H]4C[C@H](c5cnc6c(N)ccnn56)O[C@@H]4COP(O)(=S)O[C@@H]2[C@@H]3F)c(=O)[nH]1.Nc1nc2c(ncn2[C@@H]2O[C@@H]3COP(O)(=S)O[C@H]4C[C@H](c5cnc6c(N)ccnn56)O[C@@H]4COP(O)(=S)O[C@@H]2[C@@H]3F)c(=O)[nH]1. The number of thiol groups is 1. The fraction of sp³-hybridized carbons (Fsp3) is 0.476. The van der Waals surface area contributed by atoms with Crippen LogP contribution in [-0.4, -0.2) is 258 Å². The molecule has 27 atom stereocenters. The second kappa shape index (κ2) is 36.1. The Balaban J connectivity index is 0.000000128. The number of nitrogens with two attached hydrogens (primary N) is 6.